The van der Waals surface area contributed by atoms with Crippen molar-refractivity contribution >= 4 is 5.95 Å². The topological polar surface area (TPSA) is 41.9 Å². The van der Waals surface area contributed by atoms with Gasteiger partial charge in [0, 0.05) is 25.0 Å². The van der Waals surface area contributed by atoms with E-state index in [4.69, 9.17) is 0 Å². The third kappa shape index (κ3) is 2.00. The van der Waals surface area contributed by atoms with Crippen LogP contribution in [0.1, 0.15) is 25.3 Å². The van der Waals surface area contributed by atoms with Crippen molar-refractivity contribution in [2.45, 2.75) is 25.3 Å². The molecule has 2 aliphatic rings. The van der Waals surface area contributed by atoms with E-state index < -0.39 is 0 Å². The van der Waals surface area contributed by atoms with Crippen LogP contribution in [0.25, 0.3) is 0 Å². The molecule has 0 radical (unpaired) electrons. The molecule has 2 fully saturated rings. The Morgan fingerprint density at radius 3 is 3.13 bits per heavy atom. The Bertz CT molecular complexity index is 323. The molecule has 1 aromatic rings. The average Bonchev–Trinajstić information content (AvgIpc) is 2.81. The summed E-state index contributed by atoms with van der Waals surface area (Å²) in [5.74, 6) is 1.83. The van der Waals surface area contributed by atoms with E-state index in [2.05, 4.69) is 26.4 Å². The predicted molar refractivity (Wildman–Crippen MR) is 60.0 cm³/mol. The highest BCUT2D eigenvalue weighted by Crippen LogP contribution is 2.36. The molecule has 15 heavy (non-hydrogen) atoms. The minimum absolute atomic E-state index is 0.719. The van der Waals surface area contributed by atoms with Crippen molar-refractivity contribution in [3.63, 3.8) is 0 Å². The van der Waals surface area contributed by atoms with Crippen LogP contribution >= 0.6 is 0 Å². The van der Waals surface area contributed by atoms with E-state index in [1.165, 1.54) is 25.8 Å². The zero-order chi connectivity index (χ0) is 10.1. The van der Waals surface area contributed by atoms with Crippen molar-refractivity contribution in [2.75, 3.05) is 25.0 Å². The number of imidazole rings is 1. The molecule has 2 N–H and O–H groups in total. The third-order valence-electron chi connectivity index (χ3n) is 3.32. The predicted octanol–water partition coefficient (Wildman–Crippen LogP) is 1.24. The van der Waals surface area contributed by atoms with Crippen LogP contribution in [0.5, 0.6) is 0 Å². The summed E-state index contributed by atoms with van der Waals surface area (Å²) in [5.41, 5.74) is 0. The largest absolute Gasteiger partial charge is 0.355 e. The Balaban J connectivity index is 1.58. The van der Waals surface area contributed by atoms with Crippen molar-refractivity contribution in [1.82, 2.24) is 14.9 Å². The average molecular weight is 206 g/mol. The van der Waals surface area contributed by atoms with Gasteiger partial charge in [0.2, 0.25) is 5.95 Å². The number of nitrogens with zero attached hydrogens (tertiary/aromatic N) is 2. The fourth-order valence-corrected chi connectivity index (χ4v) is 2.22. The van der Waals surface area contributed by atoms with E-state index >= 15 is 0 Å². The molecule has 1 aliphatic carbocycles. The molecule has 0 aromatic carbocycles. The maximum Gasteiger partial charge on any atom is 0.203 e. The fraction of sp³-hybridized carbons (Fsp3) is 0.727. The molecule has 4 nitrogen and oxygen atoms in total. The molecule has 1 atom stereocenters. The van der Waals surface area contributed by atoms with E-state index in [-0.39, 0.29) is 0 Å². The first-order valence-corrected chi connectivity index (χ1v) is 5.91. The molecule has 0 bridgehead atoms. The van der Waals surface area contributed by atoms with Gasteiger partial charge in [-0.2, -0.15) is 0 Å². The molecule has 0 spiro atoms. The van der Waals surface area contributed by atoms with Crippen LogP contribution in [0.3, 0.4) is 0 Å². The highest BCUT2D eigenvalue weighted by molar-refractivity contribution is 5.27. The molecule has 1 aromatic heterocycles. The van der Waals surface area contributed by atoms with Gasteiger partial charge in [0.05, 0.1) is 0 Å². The lowest BCUT2D eigenvalue weighted by molar-refractivity contribution is 0.607. The zero-order valence-corrected chi connectivity index (χ0v) is 8.95. The molecule has 1 aliphatic heterocycles. The summed E-state index contributed by atoms with van der Waals surface area (Å²) in [6.07, 6.45) is 7.91. The monoisotopic (exact) mass is 206 g/mol. The van der Waals surface area contributed by atoms with Gasteiger partial charge >= 0.3 is 0 Å². The van der Waals surface area contributed by atoms with Crippen LogP contribution in [0.4, 0.5) is 5.95 Å². The van der Waals surface area contributed by atoms with Crippen LogP contribution in [-0.2, 0) is 0 Å². The number of hydrogen-bond donors (Lipinski definition) is 2. The van der Waals surface area contributed by atoms with Gasteiger partial charge in [-0.05, 0) is 38.3 Å². The summed E-state index contributed by atoms with van der Waals surface area (Å²) < 4.78 is 2.28. The van der Waals surface area contributed by atoms with Crippen LogP contribution in [-0.4, -0.2) is 29.2 Å². The fourth-order valence-electron chi connectivity index (χ4n) is 2.22. The molecule has 0 amide bonds. The Kier molecular flexibility index (Phi) is 2.37. The maximum atomic E-state index is 4.37. The zero-order valence-electron chi connectivity index (χ0n) is 8.95. The Labute approximate surface area is 90.1 Å². The van der Waals surface area contributed by atoms with Crippen molar-refractivity contribution in [3.05, 3.63) is 12.4 Å². The molecule has 2 heterocycles. The minimum Gasteiger partial charge on any atom is -0.355 e. The Morgan fingerprint density at radius 1 is 1.47 bits per heavy atom. The Hall–Kier alpha value is -1.03. The summed E-state index contributed by atoms with van der Waals surface area (Å²) in [6, 6.07) is 0.719. The second kappa shape index (κ2) is 3.85. The summed E-state index contributed by atoms with van der Waals surface area (Å²) in [7, 11) is 0. The van der Waals surface area contributed by atoms with E-state index in [1.807, 2.05) is 6.20 Å². The van der Waals surface area contributed by atoms with Gasteiger partial charge < -0.3 is 15.2 Å². The number of aromatic nitrogens is 2. The van der Waals surface area contributed by atoms with E-state index in [0.717, 1.165) is 31.0 Å². The quantitative estimate of drug-likeness (QED) is 0.779. The van der Waals surface area contributed by atoms with Crippen molar-refractivity contribution in [3.8, 4) is 0 Å². The van der Waals surface area contributed by atoms with E-state index in [0.29, 0.717) is 0 Å². The van der Waals surface area contributed by atoms with Crippen molar-refractivity contribution in [2.24, 2.45) is 5.92 Å². The first-order chi connectivity index (χ1) is 7.43. The molecule has 82 valence electrons. The normalized spacial score (nSPS) is 25.7. The third-order valence-corrected chi connectivity index (χ3v) is 3.32. The van der Waals surface area contributed by atoms with Crippen molar-refractivity contribution in [1.29, 1.82) is 0 Å². The highest BCUT2D eigenvalue weighted by Gasteiger charge is 2.25. The molecule has 1 unspecified atom stereocenters. The van der Waals surface area contributed by atoms with Crippen LogP contribution in [0.15, 0.2) is 12.4 Å². The summed E-state index contributed by atoms with van der Waals surface area (Å²) >= 11 is 0. The van der Waals surface area contributed by atoms with Crippen LogP contribution in [0.2, 0.25) is 0 Å². The molecule has 1 saturated heterocycles. The van der Waals surface area contributed by atoms with Gasteiger partial charge in [-0.15, -0.1) is 0 Å². The Morgan fingerprint density at radius 2 is 2.40 bits per heavy atom. The van der Waals surface area contributed by atoms with Crippen LogP contribution in [0, 0.1) is 5.92 Å². The molecule has 3 rings (SSSR count). The maximum absolute atomic E-state index is 4.37. The van der Waals surface area contributed by atoms with E-state index in [9.17, 15) is 0 Å². The number of rotatable bonds is 4. The smallest absolute Gasteiger partial charge is 0.203 e. The van der Waals surface area contributed by atoms with Crippen molar-refractivity contribution < 1.29 is 0 Å². The van der Waals surface area contributed by atoms with Gasteiger partial charge in [0.15, 0.2) is 0 Å². The molecule has 1 saturated carbocycles. The lowest BCUT2D eigenvalue weighted by Gasteiger charge is -2.12. The lowest BCUT2D eigenvalue weighted by atomic mass is 10.1. The first-order valence-electron chi connectivity index (χ1n) is 5.91. The lowest BCUT2D eigenvalue weighted by Crippen LogP contribution is -2.18. The molecule has 4 heteroatoms. The minimum atomic E-state index is 0.719. The number of hydrogen-bond acceptors (Lipinski definition) is 3. The van der Waals surface area contributed by atoms with E-state index in [1.54, 1.807) is 0 Å². The molecular weight excluding hydrogens is 188 g/mol. The van der Waals surface area contributed by atoms with Gasteiger partial charge in [-0.3, -0.25) is 0 Å². The van der Waals surface area contributed by atoms with Gasteiger partial charge in [-0.1, -0.05) is 0 Å². The summed E-state index contributed by atoms with van der Waals surface area (Å²) in [5, 5.41) is 6.85. The second-order valence-corrected chi connectivity index (χ2v) is 4.63. The summed E-state index contributed by atoms with van der Waals surface area (Å²) in [6.45, 7) is 3.37. The van der Waals surface area contributed by atoms with Gasteiger partial charge in [-0.25, -0.2) is 4.98 Å². The second-order valence-electron chi connectivity index (χ2n) is 4.63. The van der Waals surface area contributed by atoms with Crippen LogP contribution < -0.4 is 10.6 Å². The standard InChI is InChI=1S/C11H18N4/c1-2-10(1)15-6-5-13-11(15)14-8-9-3-4-12-7-9/h5-6,9-10,12H,1-4,7-8H2,(H,13,14). The SMILES string of the molecule is c1cn(C2CC2)c(NCC2CCNC2)n1. The number of nitrogens with one attached hydrogen (secondary N) is 2. The summed E-state index contributed by atoms with van der Waals surface area (Å²) in [4.78, 5) is 4.37. The highest BCUT2D eigenvalue weighted by atomic mass is 15.2. The van der Waals surface area contributed by atoms with Gasteiger partial charge in [0.25, 0.3) is 0 Å². The molecular formula is C11H18N4. The number of anilines is 1. The van der Waals surface area contributed by atoms with Gasteiger partial charge in [0.1, 0.15) is 0 Å². The first kappa shape index (κ1) is 9.21.